The van der Waals surface area contributed by atoms with E-state index >= 15 is 0 Å². The predicted octanol–water partition coefficient (Wildman–Crippen LogP) is 3.75. The minimum absolute atomic E-state index is 0.000809. The second-order valence-electron chi connectivity index (χ2n) is 9.52. The van der Waals surface area contributed by atoms with Gasteiger partial charge in [-0.25, -0.2) is 4.79 Å². The first-order valence-electron chi connectivity index (χ1n) is 11.7. The van der Waals surface area contributed by atoms with E-state index in [1.807, 2.05) is 11.0 Å². The summed E-state index contributed by atoms with van der Waals surface area (Å²) >= 11 is 6.74. The summed E-state index contributed by atoms with van der Waals surface area (Å²) in [5, 5.41) is 2.86. The fraction of sp³-hybridized carbons (Fsp3) is 0.360. The summed E-state index contributed by atoms with van der Waals surface area (Å²) in [6, 6.07) is 8.25. The maximum Gasteiger partial charge on any atom is 0.322 e. The molecule has 0 aromatic heterocycles. The number of carbonyl (C=O) groups is 4. The number of anilines is 2. The van der Waals surface area contributed by atoms with Crippen molar-refractivity contribution in [3.05, 3.63) is 56.0 Å². The number of Topliss-reactive ketones (excluding diaryl/α,β-unsaturated/α-hetero) is 1. The van der Waals surface area contributed by atoms with Crippen LogP contribution >= 0.6 is 31.9 Å². The number of halogens is 2. The standard InChI is InChI=1S/C25H25Br2N5O4/c26-18-7-14(8-19(27)21(18)28)22(33)16-10-17(16)24(35)31-5-3-15(4-6-31)32-11-13-2-1-12(23(29)34)9-20(13)30-25(32)36/h1-2,7-9,15-17H,3-6,10-11,28H2,(H2,29,34)(H,30,36)/t16-,17-/m1/s1. The minimum Gasteiger partial charge on any atom is -0.397 e. The molecular weight excluding hydrogens is 594 g/mol. The predicted molar refractivity (Wildman–Crippen MR) is 141 cm³/mol. The van der Waals surface area contributed by atoms with Crippen LogP contribution in [0, 0.1) is 11.8 Å². The van der Waals surface area contributed by atoms with Crippen LogP contribution in [-0.4, -0.2) is 52.6 Å². The van der Waals surface area contributed by atoms with Crippen LogP contribution in [-0.2, 0) is 11.3 Å². The number of hydrogen-bond acceptors (Lipinski definition) is 5. The lowest BCUT2D eigenvalue weighted by atomic mass is 9.99. The number of amides is 4. The number of likely N-dealkylation sites (tertiary alicyclic amines) is 1. The average Bonchev–Trinajstić information content (AvgIpc) is 3.66. The van der Waals surface area contributed by atoms with E-state index in [0.717, 1.165) is 5.56 Å². The van der Waals surface area contributed by atoms with Gasteiger partial charge in [-0.3, -0.25) is 14.4 Å². The summed E-state index contributed by atoms with van der Waals surface area (Å²) in [4.78, 5) is 53.8. The van der Waals surface area contributed by atoms with Crippen LogP contribution in [0.15, 0.2) is 39.3 Å². The van der Waals surface area contributed by atoms with Gasteiger partial charge in [0.2, 0.25) is 11.8 Å². The molecule has 1 saturated carbocycles. The van der Waals surface area contributed by atoms with E-state index in [-0.39, 0.29) is 35.6 Å². The van der Waals surface area contributed by atoms with Crippen LogP contribution < -0.4 is 16.8 Å². The first kappa shape index (κ1) is 24.8. The molecule has 2 aliphatic heterocycles. The number of primary amides is 1. The lowest BCUT2D eigenvalue weighted by molar-refractivity contribution is -0.134. The number of ketones is 1. The van der Waals surface area contributed by atoms with Crippen LogP contribution in [0.5, 0.6) is 0 Å². The molecule has 3 aliphatic rings. The molecule has 0 spiro atoms. The van der Waals surface area contributed by atoms with Crippen molar-refractivity contribution in [1.29, 1.82) is 0 Å². The van der Waals surface area contributed by atoms with Crippen LogP contribution in [0.4, 0.5) is 16.2 Å². The second-order valence-corrected chi connectivity index (χ2v) is 11.2. The van der Waals surface area contributed by atoms with Crippen LogP contribution in [0.2, 0.25) is 0 Å². The number of benzene rings is 2. The minimum atomic E-state index is -0.541. The quantitative estimate of drug-likeness (QED) is 0.346. The number of carbonyl (C=O) groups excluding carboxylic acids is 4. The Hall–Kier alpha value is -2.92. The number of fused-ring (bicyclic) bond motifs is 1. The van der Waals surface area contributed by atoms with E-state index < -0.39 is 5.91 Å². The van der Waals surface area contributed by atoms with E-state index in [9.17, 15) is 19.2 Å². The third-order valence-electron chi connectivity index (χ3n) is 7.26. The molecule has 36 heavy (non-hydrogen) atoms. The molecule has 5 rings (SSSR count). The second kappa shape index (κ2) is 9.51. The molecule has 1 saturated heterocycles. The van der Waals surface area contributed by atoms with E-state index in [1.54, 1.807) is 29.2 Å². The number of rotatable bonds is 5. The normalized spacial score (nSPS) is 21.6. The van der Waals surface area contributed by atoms with Gasteiger partial charge in [-0.05, 0) is 81.0 Å². The average molecular weight is 619 g/mol. The van der Waals surface area contributed by atoms with Crippen molar-refractivity contribution < 1.29 is 19.2 Å². The van der Waals surface area contributed by atoms with Crippen LogP contribution in [0.25, 0.3) is 0 Å². The molecular formula is C25H25Br2N5O4. The van der Waals surface area contributed by atoms with Gasteiger partial charge in [-0.2, -0.15) is 0 Å². The fourth-order valence-corrected chi connectivity index (χ4v) is 6.24. The third kappa shape index (κ3) is 4.61. The number of nitrogens with two attached hydrogens (primary N) is 2. The highest BCUT2D eigenvalue weighted by Gasteiger charge is 2.50. The van der Waals surface area contributed by atoms with Gasteiger partial charge in [0.1, 0.15) is 0 Å². The summed E-state index contributed by atoms with van der Waals surface area (Å²) in [7, 11) is 0. The summed E-state index contributed by atoms with van der Waals surface area (Å²) in [5.41, 5.74) is 14.2. The maximum atomic E-state index is 13.1. The Morgan fingerprint density at radius 3 is 2.28 bits per heavy atom. The molecule has 2 aromatic rings. The van der Waals surface area contributed by atoms with Crippen molar-refractivity contribution in [1.82, 2.24) is 9.80 Å². The molecule has 9 nitrogen and oxygen atoms in total. The lowest BCUT2D eigenvalue weighted by Gasteiger charge is -2.40. The first-order valence-corrected chi connectivity index (χ1v) is 13.3. The molecule has 2 aromatic carbocycles. The zero-order valence-corrected chi connectivity index (χ0v) is 22.5. The van der Waals surface area contributed by atoms with Crippen molar-refractivity contribution in [2.24, 2.45) is 17.6 Å². The van der Waals surface area contributed by atoms with Gasteiger partial charge in [0.15, 0.2) is 5.78 Å². The number of nitrogen functional groups attached to an aromatic ring is 1. The van der Waals surface area contributed by atoms with Crippen LogP contribution in [0.3, 0.4) is 0 Å². The fourth-order valence-electron chi connectivity index (χ4n) is 5.05. The number of nitrogens with zero attached hydrogens (tertiary/aromatic N) is 2. The number of urea groups is 1. The lowest BCUT2D eigenvalue weighted by Crippen LogP contribution is -2.51. The van der Waals surface area contributed by atoms with E-state index in [2.05, 4.69) is 37.2 Å². The Labute approximate surface area is 224 Å². The molecule has 1 aliphatic carbocycles. The molecule has 2 fully saturated rings. The van der Waals surface area contributed by atoms with Gasteiger partial charge in [0, 0.05) is 63.3 Å². The number of nitrogens with one attached hydrogen (secondary N) is 1. The van der Waals surface area contributed by atoms with Gasteiger partial charge >= 0.3 is 6.03 Å². The smallest absolute Gasteiger partial charge is 0.322 e. The molecule has 5 N–H and O–H groups in total. The Morgan fingerprint density at radius 2 is 1.64 bits per heavy atom. The van der Waals surface area contributed by atoms with Gasteiger partial charge in [-0.1, -0.05) is 6.07 Å². The highest BCUT2D eigenvalue weighted by atomic mass is 79.9. The third-order valence-corrected chi connectivity index (χ3v) is 8.57. The summed E-state index contributed by atoms with van der Waals surface area (Å²) in [6.45, 7) is 1.51. The highest BCUT2D eigenvalue weighted by molar-refractivity contribution is 9.11. The highest BCUT2D eigenvalue weighted by Crippen LogP contribution is 2.44. The van der Waals surface area contributed by atoms with Crippen molar-refractivity contribution in [3.8, 4) is 0 Å². The van der Waals surface area contributed by atoms with Gasteiger partial charge in [0.05, 0.1) is 5.69 Å². The zero-order valence-electron chi connectivity index (χ0n) is 19.3. The molecule has 2 atom stereocenters. The maximum absolute atomic E-state index is 13.1. The Kier molecular flexibility index (Phi) is 6.54. The topological polar surface area (TPSA) is 139 Å². The molecule has 188 valence electrons. The van der Waals surface area contributed by atoms with Crippen molar-refractivity contribution in [3.63, 3.8) is 0 Å². The molecule has 11 heteroatoms. The van der Waals surface area contributed by atoms with Gasteiger partial charge < -0.3 is 26.6 Å². The van der Waals surface area contributed by atoms with Gasteiger partial charge in [-0.15, -0.1) is 0 Å². The number of hydrogen-bond donors (Lipinski definition) is 3. The van der Waals surface area contributed by atoms with E-state index in [4.69, 9.17) is 11.5 Å². The number of piperidine rings is 1. The molecule has 4 amide bonds. The van der Waals surface area contributed by atoms with Crippen molar-refractivity contribution in [2.45, 2.75) is 31.8 Å². The first-order chi connectivity index (χ1) is 17.1. The molecule has 0 radical (unpaired) electrons. The van der Waals surface area contributed by atoms with E-state index in [0.29, 0.717) is 70.3 Å². The van der Waals surface area contributed by atoms with E-state index in [1.165, 1.54) is 0 Å². The van der Waals surface area contributed by atoms with Crippen molar-refractivity contribution in [2.75, 3.05) is 24.1 Å². The zero-order chi connectivity index (χ0) is 25.7. The molecule has 0 unspecified atom stereocenters. The van der Waals surface area contributed by atoms with Crippen LogP contribution in [0.1, 0.15) is 45.5 Å². The van der Waals surface area contributed by atoms with Gasteiger partial charge in [0.25, 0.3) is 0 Å². The summed E-state index contributed by atoms with van der Waals surface area (Å²) in [5.74, 6) is -1.19. The largest absolute Gasteiger partial charge is 0.397 e. The molecule has 2 heterocycles. The molecule has 0 bridgehead atoms. The Bertz CT molecular complexity index is 1270. The van der Waals surface area contributed by atoms with Crippen molar-refractivity contribution >= 4 is 66.9 Å². The Morgan fingerprint density at radius 1 is 0.972 bits per heavy atom. The summed E-state index contributed by atoms with van der Waals surface area (Å²) < 4.78 is 1.28. The SMILES string of the molecule is NC(=O)c1ccc2c(c1)NC(=O)N(C1CCN(C(=O)[C@@H]3C[C@H]3C(=O)c3cc(Br)c(N)c(Br)c3)CC1)C2. The Balaban J connectivity index is 1.17. The monoisotopic (exact) mass is 617 g/mol. The summed E-state index contributed by atoms with van der Waals surface area (Å²) in [6.07, 6.45) is 1.88.